The van der Waals surface area contributed by atoms with Crippen molar-refractivity contribution in [1.29, 1.82) is 0 Å². The van der Waals surface area contributed by atoms with Crippen LogP contribution in [0.2, 0.25) is 0 Å². The summed E-state index contributed by atoms with van der Waals surface area (Å²) < 4.78 is 0. The molecule has 0 amide bonds. The third kappa shape index (κ3) is 4.39. The average molecular weight is 464 g/mol. The quantitative estimate of drug-likeness (QED) is 0.379. The predicted octanol–water partition coefficient (Wildman–Crippen LogP) is 0.324. The summed E-state index contributed by atoms with van der Waals surface area (Å²) in [7, 11) is 0. The number of hydrogen-bond donors (Lipinski definition) is 0. The maximum atomic E-state index is 6.21. The number of alkyl halides is 2. The zero-order valence-electron chi connectivity index (χ0n) is 12.7. The van der Waals surface area contributed by atoms with Crippen molar-refractivity contribution in [3.05, 3.63) is 65.2 Å². The SMILES string of the molecule is Cc1[cH-]c2c(C)ccc(-c3ccccc3)c2c1C(Cl)Cl.[Cl-].[Cl-].[Zr+3]. The van der Waals surface area contributed by atoms with Gasteiger partial charge in [0.25, 0.3) is 0 Å². The zero-order chi connectivity index (χ0) is 14.3. The molecule has 5 heteroatoms. The van der Waals surface area contributed by atoms with Crippen LogP contribution in [0, 0.1) is 13.8 Å². The van der Waals surface area contributed by atoms with Crippen LogP contribution in [0.15, 0.2) is 48.5 Å². The fraction of sp³-hybridized carbons (Fsp3) is 0.167. The topological polar surface area (TPSA) is 0 Å². The van der Waals surface area contributed by atoms with Crippen LogP contribution in [0.25, 0.3) is 21.9 Å². The minimum absolute atomic E-state index is 0. The Balaban J connectivity index is 0.00000161. The van der Waals surface area contributed by atoms with Crippen LogP contribution in [0.5, 0.6) is 0 Å². The molecule has 0 heterocycles. The molecule has 0 fully saturated rings. The zero-order valence-corrected chi connectivity index (χ0v) is 18.2. The molecule has 0 atom stereocenters. The average Bonchev–Trinajstić information content (AvgIpc) is 2.78. The molecule has 119 valence electrons. The van der Waals surface area contributed by atoms with Crippen LogP contribution in [0.3, 0.4) is 0 Å². The van der Waals surface area contributed by atoms with E-state index in [2.05, 4.69) is 56.3 Å². The molecule has 0 saturated carbocycles. The Labute approximate surface area is 178 Å². The Bertz CT molecular complexity index is 764. The van der Waals surface area contributed by atoms with E-state index in [1.165, 1.54) is 27.5 Å². The van der Waals surface area contributed by atoms with E-state index in [1.54, 1.807) is 0 Å². The Kier molecular flexibility index (Phi) is 9.58. The molecule has 0 aromatic heterocycles. The van der Waals surface area contributed by atoms with E-state index in [-0.39, 0.29) is 51.0 Å². The molecule has 3 rings (SSSR count). The van der Waals surface area contributed by atoms with Crippen molar-refractivity contribution in [3.63, 3.8) is 0 Å². The molecular weight excluding hydrogens is 449 g/mol. The Morgan fingerprint density at radius 2 is 1.52 bits per heavy atom. The van der Waals surface area contributed by atoms with Crippen molar-refractivity contribution in [1.82, 2.24) is 0 Å². The molecule has 0 aliphatic rings. The third-order valence-corrected chi connectivity index (χ3v) is 4.26. The molecule has 0 nitrogen and oxygen atoms in total. The van der Waals surface area contributed by atoms with Gasteiger partial charge in [-0.25, -0.2) is 0 Å². The number of aryl methyl sites for hydroxylation is 2. The van der Waals surface area contributed by atoms with Crippen LogP contribution in [-0.2, 0) is 26.2 Å². The summed E-state index contributed by atoms with van der Waals surface area (Å²) in [6.07, 6.45) is 0. The number of fused-ring (bicyclic) bond motifs is 1. The van der Waals surface area contributed by atoms with Gasteiger partial charge in [-0.3, -0.25) is 0 Å². The van der Waals surface area contributed by atoms with Crippen LogP contribution in [0.1, 0.15) is 21.5 Å². The number of halogens is 4. The van der Waals surface area contributed by atoms with Gasteiger partial charge < -0.3 is 24.8 Å². The summed E-state index contributed by atoms with van der Waals surface area (Å²) in [6.45, 7) is 4.19. The van der Waals surface area contributed by atoms with Gasteiger partial charge in [0.15, 0.2) is 0 Å². The van der Waals surface area contributed by atoms with Crippen LogP contribution >= 0.6 is 23.2 Å². The van der Waals surface area contributed by atoms with Gasteiger partial charge in [-0.2, -0.15) is 0 Å². The summed E-state index contributed by atoms with van der Waals surface area (Å²) in [4.78, 5) is -0.503. The molecule has 0 spiro atoms. The normalized spacial score (nSPS) is 9.96. The summed E-state index contributed by atoms with van der Waals surface area (Å²) in [6, 6.07) is 16.9. The van der Waals surface area contributed by atoms with Crippen molar-refractivity contribution in [3.8, 4) is 11.1 Å². The van der Waals surface area contributed by atoms with Gasteiger partial charge in [0.1, 0.15) is 0 Å². The predicted molar refractivity (Wildman–Crippen MR) is 88.9 cm³/mol. The van der Waals surface area contributed by atoms with Gasteiger partial charge in [0, 0.05) is 0 Å². The maximum Gasteiger partial charge on any atom is 3.00 e. The van der Waals surface area contributed by atoms with E-state index < -0.39 is 4.84 Å². The third-order valence-electron chi connectivity index (χ3n) is 3.82. The monoisotopic (exact) mass is 461 g/mol. The van der Waals surface area contributed by atoms with Crippen molar-refractivity contribution in [2.45, 2.75) is 18.7 Å². The number of hydrogen-bond acceptors (Lipinski definition) is 0. The number of rotatable bonds is 2. The second-order valence-corrected chi connectivity index (χ2v) is 6.22. The van der Waals surface area contributed by atoms with Crippen molar-refractivity contribution >= 4 is 34.0 Å². The summed E-state index contributed by atoms with van der Waals surface area (Å²) in [5.74, 6) is 0. The Morgan fingerprint density at radius 3 is 2.09 bits per heavy atom. The van der Waals surface area contributed by atoms with Crippen molar-refractivity contribution < 1.29 is 51.0 Å². The van der Waals surface area contributed by atoms with Crippen LogP contribution < -0.4 is 24.8 Å². The Morgan fingerprint density at radius 1 is 0.913 bits per heavy atom. The van der Waals surface area contributed by atoms with Crippen LogP contribution in [0.4, 0.5) is 0 Å². The van der Waals surface area contributed by atoms with E-state index >= 15 is 0 Å². The molecule has 0 aliphatic carbocycles. The van der Waals surface area contributed by atoms with Crippen molar-refractivity contribution in [2.24, 2.45) is 0 Å². The first kappa shape index (κ1) is 23.1. The van der Waals surface area contributed by atoms with E-state index in [0.717, 1.165) is 11.1 Å². The van der Waals surface area contributed by atoms with Crippen LogP contribution in [-0.4, -0.2) is 0 Å². The Hall–Kier alpha value is 0.0931. The molecule has 0 unspecified atom stereocenters. The summed E-state index contributed by atoms with van der Waals surface area (Å²) in [5.41, 5.74) is 5.83. The second-order valence-electron chi connectivity index (χ2n) is 5.13. The number of benzene rings is 2. The van der Waals surface area contributed by atoms with E-state index in [4.69, 9.17) is 23.2 Å². The van der Waals surface area contributed by atoms with Gasteiger partial charge >= 0.3 is 26.2 Å². The first-order chi connectivity index (χ1) is 9.59. The van der Waals surface area contributed by atoms with Gasteiger partial charge in [0.2, 0.25) is 0 Å². The summed E-state index contributed by atoms with van der Waals surface area (Å²) in [5, 5.41) is 2.42. The minimum atomic E-state index is -0.503. The molecule has 0 bridgehead atoms. The van der Waals surface area contributed by atoms with Gasteiger partial charge in [-0.15, -0.1) is 62.8 Å². The summed E-state index contributed by atoms with van der Waals surface area (Å²) >= 11 is 12.4. The van der Waals surface area contributed by atoms with E-state index in [1.807, 2.05) is 6.07 Å². The molecule has 23 heavy (non-hydrogen) atoms. The minimum Gasteiger partial charge on any atom is -1.00 e. The largest absolute Gasteiger partial charge is 3.00 e. The maximum absolute atomic E-state index is 6.21. The first-order valence-corrected chi connectivity index (χ1v) is 7.50. The molecule has 3 aromatic rings. The standard InChI is InChI=1S/C18H15Cl2.2ClH.Zr/c1-11-8-9-14(13-6-4-3-5-7-13)17-15(11)10-12(2)16(17)18(19)20;;;/h3-10,18H,1-2H3;2*1H;/q-1;;;+3/p-2. The van der Waals surface area contributed by atoms with Crippen molar-refractivity contribution in [2.75, 3.05) is 0 Å². The van der Waals surface area contributed by atoms with Gasteiger partial charge in [0.05, 0.1) is 4.84 Å². The fourth-order valence-corrected chi connectivity index (χ4v) is 3.39. The molecule has 0 saturated heterocycles. The molecule has 1 radical (unpaired) electrons. The molecule has 0 N–H and O–H groups in total. The first-order valence-electron chi connectivity index (χ1n) is 6.62. The van der Waals surface area contributed by atoms with Gasteiger partial charge in [-0.1, -0.05) is 55.8 Å². The van der Waals surface area contributed by atoms with E-state index in [9.17, 15) is 0 Å². The van der Waals surface area contributed by atoms with E-state index in [0.29, 0.717) is 0 Å². The van der Waals surface area contributed by atoms with Gasteiger partial charge in [-0.05, 0) is 5.56 Å². The molecule has 0 aliphatic heterocycles. The second kappa shape index (κ2) is 9.54. The fourth-order valence-electron chi connectivity index (χ4n) is 2.83. The molecule has 3 aromatic carbocycles. The smallest absolute Gasteiger partial charge is 1.00 e. The molecular formula is C18H15Cl4Zr.